The Bertz CT molecular complexity index is 1160. The van der Waals surface area contributed by atoms with E-state index in [1.807, 2.05) is 48.5 Å². The fraction of sp³-hybridized carbons (Fsp3) is 0.120. The van der Waals surface area contributed by atoms with Crippen molar-refractivity contribution in [1.29, 1.82) is 0 Å². The minimum absolute atomic E-state index is 0.281. The van der Waals surface area contributed by atoms with Crippen LogP contribution in [0, 0.1) is 0 Å². The number of benzene rings is 3. The van der Waals surface area contributed by atoms with Crippen LogP contribution in [-0.4, -0.2) is 11.7 Å². The van der Waals surface area contributed by atoms with Gasteiger partial charge in [-0.15, -0.1) is 0 Å². The number of hydrogen-bond acceptors (Lipinski definition) is 2. The smallest absolute Gasteiger partial charge is 0.118 e. The maximum absolute atomic E-state index is 8.99. The van der Waals surface area contributed by atoms with Crippen LogP contribution < -0.4 is 4.74 Å². The number of ether oxygens (including phenoxy) is 1. The molecule has 30 heavy (non-hydrogen) atoms. The van der Waals surface area contributed by atoms with Crippen molar-refractivity contribution in [3.8, 4) is 28.1 Å². The molecule has 3 aromatic carbocycles. The Morgan fingerprint density at radius 2 is 1.53 bits per heavy atom. The molecule has 0 unspecified atom stereocenters. The van der Waals surface area contributed by atoms with E-state index in [9.17, 15) is 0 Å². The topological polar surface area (TPSA) is 62.9 Å². The lowest BCUT2D eigenvalue weighted by molar-refractivity contribution is 0.415. The summed E-state index contributed by atoms with van der Waals surface area (Å²) in [6.45, 7) is 0.967. The molecule has 0 saturated heterocycles. The van der Waals surface area contributed by atoms with Gasteiger partial charge in [-0.3, -0.25) is 0 Å². The first-order chi connectivity index (χ1) is 14.8. The summed E-state index contributed by atoms with van der Waals surface area (Å²) in [4.78, 5) is 3.01. The van der Waals surface area contributed by atoms with Crippen molar-refractivity contribution in [2.45, 2.75) is 13.1 Å². The van der Waals surface area contributed by atoms with Gasteiger partial charge in [0, 0.05) is 28.4 Å². The number of methoxy groups -OCH3 is 1. The van der Waals surface area contributed by atoms with Crippen molar-refractivity contribution in [1.82, 2.24) is 4.57 Å². The molecular weight excluding hydrogens is 372 g/mol. The van der Waals surface area contributed by atoms with Gasteiger partial charge in [-0.1, -0.05) is 65.8 Å². The van der Waals surface area contributed by atoms with Gasteiger partial charge in [0.2, 0.25) is 0 Å². The molecule has 0 bridgehead atoms. The molecule has 1 heterocycles. The molecule has 148 valence electrons. The summed E-state index contributed by atoms with van der Waals surface area (Å²) in [6, 6.07) is 30.7. The van der Waals surface area contributed by atoms with E-state index in [1.54, 1.807) is 7.11 Å². The van der Waals surface area contributed by atoms with Crippen molar-refractivity contribution in [3.05, 3.63) is 113 Å². The molecule has 5 nitrogen and oxygen atoms in total. The largest absolute Gasteiger partial charge is 0.497 e. The molecule has 0 spiro atoms. The molecule has 5 heteroatoms. The zero-order valence-corrected chi connectivity index (χ0v) is 16.8. The molecule has 0 saturated carbocycles. The van der Waals surface area contributed by atoms with E-state index in [0.717, 1.165) is 33.8 Å². The summed E-state index contributed by atoms with van der Waals surface area (Å²) < 4.78 is 7.56. The highest BCUT2D eigenvalue weighted by atomic mass is 16.5. The Morgan fingerprint density at radius 3 is 2.17 bits per heavy atom. The first-order valence-electron chi connectivity index (χ1n) is 9.77. The van der Waals surface area contributed by atoms with Crippen molar-refractivity contribution < 1.29 is 4.74 Å². The minimum atomic E-state index is 0.281. The van der Waals surface area contributed by atoms with Crippen molar-refractivity contribution in [2.75, 3.05) is 7.11 Å². The number of rotatable bonds is 7. The number of aromatic nitrogens is 1. The Labute approximate surface area is 175 Å². The predicted molar refractivity (Wildman–Crippen MR) is 120 cm³/mol. The lowest BCUT2D eigenvalue weighted by Gasteiger charge is -2.14. The highest BCUT2D eigenvalue weighted by Gasteiger charge is 2.17. The fourth-order valence-electron chi connectivity index (χ4n) is 3.67. The second-order valence-corrected chi connectivity index (χ2v) is 6.95. The van der Waals surface area contributed by atoms with E-state index >= 15 is 0 Å². The van der Waals surface area contributed by atoms with Crippen LogP contribution in [0.5, 0.6) is 5.75 Å². The molecule has 0 aliphatic heterocycles. The molecule has 0 amide bonds. The summed E-state index contributed by atoms with van der Waals surface area (Å²) in [6.07, 6.45) is 0. The maximum Gasteiger partial charge on any atom is 0.118 e. The Hall–Kier alpha value is -3.95. The monoisotopic (exact) mass is 394 g/mol. The second-order valence-electron chi connectivity index (χ2n) is 6.95. The van der Waals surface area contributed by atoms with Gasteiger partial charge in [-0.25, -0.2) is 0 Å². The minimum Gasteiger partial charge on any atom is -0.497 e. The van der Waals surface area contributed by atoms with Gasteiger partial charge in [0.1, 0.15) is 5.75 Å². The average molecular weight is 394 g/mol. The van der Waals surface area contributed by atoms with Crippen LogP contribution in [-0.2, 0) is 13.1 Å². The third-order valence-corrected chi connectivity index (χ3v) is 5.15. The average Bonchev–Trinajstić information content (AvgIpc) is 3.17. The van der Waals surface area contributed by atoms with E-state index in [-0.39, 0.29) is 6.54 Å². The third-order valence-electron chi connectivity index (χ3n) is 5.15. The summed E-state index contributed by atoms with van der Waals surface area (Å²) in [5.74, 6) is 0.817. The number of nitrogens with zero attached hydrogens (tertiary/aromatic N) is 4. The predicted octanol–water partition coefficient (Wildman–Crippen LogP) is 6.69. The van der Waals surface area contributed by atoms with Gasteiger partial charge in [-0.05, 0) is 52.6 Å². The van der Waals surface area contributed by atoms with Gasteiger partial charge < -0.3 is 9.30 Å². The molecule has 0 atom stereocenters. The summed E-state index contributed by atoms with van der Waals surface area (Å²) in [5.41, 5.74) is 15.5. The zero-order valence-electron chi connectivity index (χ0n) is 16.8. The highest BCUT2D eigenvalue weighted by Crippen LogP contribution is 2.35. The Morgan fingerprint density at radius 1 is 0.867 bits per heavy atom. The first-order valence-corrected chi connectivity index (χ1v) is 9.77. The van der Waals surface area contributed by atoms with Crippen LogP contribution in [0.15, 0.2) is 96.1 Å². The van der Waals surface area contributed by atoms with Crippen LogP contribution in [0.2, 0.25) is 0 Å². The van der Waals surface area contributed by atoms with Crippen LogP contribution in [0.3, 0.4) is 0 Å². The van der Waals surface area contributed by atoms with E-state index in [4.69, 9.17) is 10.3 Å². The number of azide groups is 1. The van der Waals surface area contributed by atoms with Crippen molar-refractivity contribution in [2.24, 2.45) is 5.11 Å². The summed E-state index contributed by atoms with van der Waals surface area (Å²) in [7, 11) is 1.67. The second kappa shape index (κ2) is 9.03. The van der Waals surface area contributed by atoms with Gasteiger partial charge >= 0.3 is 0 Å². The van der Waals surface area contributed by atoms with Crippen LogP contribution in [0.4, 0.5) is 0 Å². The molecule has 0 N–H and O–H groups in total. The molecule has 0 aliphatic rings. The van der Waals surface area contributed by atoms with Gasteiger partial charge in [-0.2, -0.15) is 0 Å². The highest BCUT2D eigenvalue weighted by molar-refractivity contribution is 5.75. The molecule has 0 aliphatic carbocycles. The van der Waals surface area contributed by atoms with Crippen molar-refractivity contribution >= 4 is 0 Å². The van der Waals surface area contributed by atoms with Gasteiger partial charge in [0.25, 0.3) is 0 Å². The lowest BCUT2D eigenvalue weighted by Crippen LogP contribution is -2.06. The molecule has 0 fully saturated rings. The van der Waals surface area contributed by atoms with Crippen LogP contribution >= 0.6 is 0 Å². The SMILES string of the molecule is COc1ccc(-c2cc(-c3ccccc3)c(CN=[N+]=[N-])n2Cc2ccccc2)cc1. The number of hydrogen-bond donors (Lipinski definition) is 0. The molecule has 4 aromatic rings. The molecule has 1 aromatic heterocycles. The molecule has 0 radical (unpaired) electrons. The maximum atomic E-state index is 8.99. The van der Waals surface area contributed by atoms with E-state index in [1.165, 1.54) is 5.56 Å². The summed E-state index contributed by atoms with van der Waals surface area (Å²) >= 11 is 0. The quantitative estimate of drug-likeness (QED) is 0.196. The lowest BCUT2D eigenvalue weighted by atomic mass is 10.0. The Balaban J connectivity index is 1.92. The van der Waals surface area contributed by atoms with Crippen LogP contribution in [0.25, 0.3) is 32.8 Å². The molecule has 4 rings (SSSR count). The normalized spacial score (nSPS) is 10.4. The zero-order chi connectivity index (χ0) is 20.8. The van der Waals surface area contributed by atoms with Crippen LogP contribution in [0.1, 0.15) is 11.3 Å². The van der Waals surface area contributed by atoms with E-state index in [0.29, 0.717) is 6.54 Å². The fourth-order valence-corrected chi connectivity index (χ4v) is 3.67. The Kier molecular flexibility index (Phi) is 5.83. The molecular formula is C25H22N4O. The summed E-state index contributed by atoms with van der Waals surface area (Å²) in [5, 5.41) is 3.90. The third kappa shape index (κ3) is 4.07. The van der Waals surface area contributed by atoms with Gasteiger partial charge in [0.15, 0.2) is 0 Å². The van der Waals surface area contributed by atoms with E-state index < -0.39 is 0 Å². The van der Waals surface area contributed by atoms with Gasteiger partial charge in [0.05, 0.1) is 13.7 Å². The first kappa shape index (κ1) is 19.4. The van der Waals surface area contributed by atoms with Crippen molar-refractivity contribution in [3.63, 3.8) is 0 Å². The van der Waals surface area contributed by atoms with E-state index in [2.05, 4.69) is 57.1 Å². The standard InChI is InChI=1S/C25H22N4O/c1-30-22-14-12-21(13-15-22)24-16-23(20-10-6-3-7-11-20)25(17-27-28-26)29(24)18-19-8-4-2-5-9-19/h2-16H,17-18H2,1H3.